The molecule has 0 bridgehead atoms. The molecule has 0 aliphatic carbocycles. The molecule has 0 aliphatic heterocycles. The van der Waals surface area contributed by atoms with Crippen molar-refractivity contribution in [1.29, 1.82) is 0 Å². The van der Waals surface area contributed by atoms with Gasteiger partial charge in [-0.1, -0.05) is 269 Å². The summed E-state index contributed by atoms with van der Waals surface area (Å²) in [6, 6.07) is -0.634. The Kier molecular flexibility index (Phi) is 54.1. The topological polar surface area (TPSA) is 95.9 Å². The van der Waals surface area contributed by atoms with Crippen molar-refractivity contribution in [3.05, 3.63) is 36.5 Å². The van der Waals surface area contributed by atoms with Gasteiger partial charge in [0, 0.05) is 12.8 Å². The minimum atomic E-state index is -0.850. The molecule has 0 aliphatic rings. The van der Waals surface area contributed by atoms with E-state index >= 15 is 0 Å². The Morgan fingerprint density at radius 1 is 0.424 bits per heavy atom. The zero-order valence-electron chi connectivity index (χ0n) is 44.2. The first-order valence-corrected chi connectivity index (χ1v) is 29.3. The van der Waals surface area contributed by atoms with Crippen LogP contribution in [0.15, 0.2) is 36.5 Å². The lowest BCUT2D eigenvalue weighted by Crippen LogP contribution is -2.45. The number of hydrogen-bond donors (Lipinski definition) is 3. The largest absolute Gasteiger partial charge is 0.466 e. The van der Waals surface area contributed by atoms with E-state index in [1.54, 1.807) is 6.08 Å². The number of allylic oxidation sites excluding steroid dienone is 5. The number of esters is 1. The number of nitrogens with one attached hydrogen (secondary N) is 1. The number of carbonyl (C=O) groups is 2. The molecule has 0 rings (SSSR count). The smallest absolute Gasteiger partial charge is 0.305 e. The molecule has 0 aromatic carbocycles. The van der Waals surface area contributed by atoms with Gasteiger partial charge in [-0.15, -0.1) is 0 Å². The first-order chi connectivity index (χ1) is 32.5. The van der Waals surface area contributed by atoms with Gasteiger partial charge in [-0.05, 0) is 64.2 Å². The Bertz CT molecular complexity index is 1070. The van der Waals surface area contributed by atoms with Crippen LogP contribution in [0.25, 0.3) is 0 Å². The lowest BCUT2D eigenvalue weighted by Gasteiger charge is -2.20. The number of unbranched alkanes of at least 4 members (excludes halogenated alkanes) is 39. The fraction of sp³-hybridized carbons (Fsp3) is 0.867. The summed E-state index contributed by atoms with van der Waals surface area (Å²) in [4.78, 5) is 24.5. The predicted molar refractivity (Wildman–Crippen MR) is 287 cm³/mol. The third kappa shape index (κ3) is 51.5. The van der Waals surface area contributed by atoms with Crippen molar-refractivity contribution in [2.24, 2.45) is 0 Å². The van der Waals surface area contributed by atoms with Gasteiger partial charge in [0.2, 0.25) is 5.91 Å². The van der Waals surface area contributed by atoms with E-state index in [1.165, 1.54) is 225 Å². The molecule has 3 N–H and O–H groups in total. The average Bonchev–Trinajstić information content (AvgIpc) is 3.32. The quantitative estimate of drug-likeness (QED) is 0.0321. The van der Waals surface area contributed by atoms with Crippen LogP contribution in [-0.4, -0.2) is 47.4 Å². The van der Waals surface area contributed by atoms with Crippen molar-refractivity contribution in [3.63, 3.8) is 0 Å². The number of rotatable bonds is 54. The second-order valence-electron chi connectivity index (χ2n) is 20.0. The molecule has 66 heavy (non-hydrogen) atoms. The highest BCUT2D eigenvalue weighted by atomic mass is 16.5. The van der Waals surface area contributed by atoms with Crippen LogP contribution in [0.3, 0.4) is 0 Å². The van der Waals surface area contributed by atoms with Crippen LogP contribution in [0, 0.1) is 0 Å². The molecular weight excluding hydrogens is 815 g/mol. The average molecular weight is 929 g/mol. The van der Waals surface area contributed by atoms with Crippen molar-refractivity contribution < 1.29 is 24.5 Å². The van der Waals surface area contributed by atoms with Crippen LogP contribution in [0.4, 0.5) is 0 Å². The van der Waals surface area contributed by atoms with E-state index in [2.05, 4.69) is 43.5 Å². The van der Waals surface area contributed by atoms with E-state index in [1.807, 2.05) is 6.08 Å². The highest BCUT2D eigenvalue weighted by Crippen LogP contribution is 2.17. The van der Waals surface area contributed by atoms with Gasteiger partial charge in [-0.2, -0.15) is 0 Å². The summed E-state index contributed by atoms with van der Waals surface area (Å²) in [5, 5.41) is 23.1. The maximum absolute atomic E-state index is 12.5. The summed E-state index contributed by atoms with van der Waals surface area (Å²) in [5.41, 5.74) is 0. The monoisotopic (exact) mass is 928 g/mol. The fourth-order valence-corrected chi connectivity index (χ4v) is 8.90. The van der Waals surface area contributed by atoms with Gasteiger partial charge >= 0.3 is 5.97 Å². The highest BCUT2D eigenvalue weighted by molar-refractivity contribution is 5.76. The lowest BCUT2D eigenvalue weighted by atomic mass is 10.0. The lowest BCUT2D eigenvalue weighted by molar-refractivity contribution is -0.143. The van der Waals surface area contributed by atoms with E-state index in [9.17, 15) is 19.8 Å². The maximum atomic E-state index is 12.5. The van der Waals surface area contributed by atoms with E-state index in [0.29, 0.717) is 19.4 Å². The van der Waals surface area contributed by atoms with Crippen LogP contribution >= 0.6 is 0 Å². The van der Waals surface area contributed by atoms with Gasteiger partial charge in [0.05, 0.1) is 25.4 Å². The van der Waals surface area contributed by atoms with Crippen molar-refractivity contribution >= 4 is 11.9 Å². The van der Waals surface area contributed by atoms with Gasteiger partial charge in [-0.3, -0.25) is 9.59 Å². The zero-order chi connectivity index (χ0) is 47.9. The molecule has 2 unspecified atom stereocenters. The van der Waals surface area contributed by atoms with Crippen LogP contribution in [0.2, 0.25) is 0 Å². The second kappa shape index (κ2) is 55.7. The molecule has 2 atom stereocenters. The van der Waals surface area contributed by atoms with E-state index in [-0.39, 0.29) is 18.5 Å². The van der Waals surface area contributed by atoms with Crippen LogP contribution in [-0.2, 0) is 14.3 Å². The first kappa shape index (κ1) is 64.1. The Morgan fingerprint density at radius 3 is 1.17 bits per heavy atom. The van der Waals surface area contributed by atoms with Gasteiger partial charge < -0.3 is 20.3 Å². The zero-order valence-corrected chi connectivity index (χ0v) is 44.2. The summed E-state index contributed by atoms with van der Waals surface area (Å²) in [5.74, 6) is -0.0853. The fourth-order valence-electron chi connectivity index (χ4n) is 8.90. The Morgan fingerprint density at radius 2 is 0.758 bits per heavy atom. The second-order valence-corrected chi connectivity index (χ2v) is 20.0. The van der Waals surface area contributed by atoms with E-state index in [4.69, 9.17) is 4.74 Å². The standard InChI is InChI=1S/C60H113NO5/c1-3-5-7-9-11-13-15-17-19-21-24-28-32-36-40-44-48-52-58(63)57(56-62)61-59(64)53-49-45-41-37-33-29-25-22-23-27-31-35-39-43-47-51-55-66-60(65)54-50-46-42-38-34-30-26-20-18-16-14-12-10-8-6-4-2/h14,16,20,26,48,52,57-58,62-63H,3-13,15,17-19,21-25,27-47,49-51,53-56H2,1-2H3,(H,61,64)/b16-14-,26-20-,52-48+. The van der Waals surface area contributed by atoms with Gasteiger partial charge in [0.25, 0.3) is 0 Å². The van der Waals surface area contributed by atoms with Crippen molar-refractivity contribution in [2.45, 2.75) is 321 Å². The summed E-state index contributed by atoms with van der Waals surface area (Å²) in [6.45, 7) is 4.88. The summed E-state index contributed by atoms with van der Waals surface area (Å²) in [7, 11) is 0. The number of aliphatic hydroxyl groups excluding tert-OH is 2. The van der Waals surface area contributed by atoms with Crippen molar-refractivity contribution in [2.75, 3.05) is 13.2 Å². The van der Waals surface area contributed by atoms with E-state index in [0.717, 1.165) is 57.8 Å². The highest BCUT2D eigenvalue weighted by Gasteiger charge is 2.18. The number of aliphatic hydroxyl groups is 2. The molecule has 388 valence electrons. The molecule has 0 radical (unpaired) electrons. The molecule has 6 nitrogen and oxygen atoms in total. The van der Waals surface area contributed by atoms with E-state index < -0.39 is 12.1 Å². The molecule has 0 aromatic heterocycles. The molecule has 0 saturated heterocycles. The third-order valence-electron chi connectivity index (χ3n) is 13.4. The normalized spacial score (nSPS) is 12.8. The third-order valence-corrected chi connectivity index (χ3v) is 13.4. The molecule has 0 fully saturated rings. The summed E-state index contributed by atoms with van der Waals surface area (Å²) >= 11 is 0. The van der Waals surface area contributed by atoms with Crippen LogP contribution < -0.4 is 5.32 Å². The van der Waals surface area contributed by atoms with Crippen LogP contribution in [0.5, 0.6) is 0 Å². The van der Waals surface area contributed by atoms with Crippen molar-refractivity contribution in [1.82, 2.24) is 5.32 Å². The molecule has 0 saturated carbocycles. The minimum absolute atomic E-state index is 0.0113. The van der Waals surface area contributed by atoms with Crippen LogP contribution in [0.1, 0.15) is 309 Å². The molecule has 6 heteroatoms. The first-order valence-electron chi connectivity index (χ1n) is 29.3. The molecule has 0 spiro atoms. The number of amides is 1. The minimum Gasteiger partial charge on any atom is -0.466 e. The molecule has 0 heterocycles. The molecular formula is C60H113NO5. The Balaban J connectivity index is 3.46. The number of hydrogen-bond acceptors (Lipinski definition) is 5. The Labute approximate surface area is 411 Å². The molecule has 1 amide bonds. The van der Waals surface area contributed by atoms with Gasteiger partial charge in [0.1, 0.15) is 0 Å². The SMILES string of the molecule is CCCCCC/C=C\C/C=C\CCCCCCCC(=O)OCCCCCCCCCCCCCCCCCCC(=O)NC(CO)C(O)/C=C/CCCCCCCCCCCCCCCCC. The summed E-state index contributed by atoms with van der Waals surface area (Å²) < 4.78 is 5.47. The van der Waals surface area contributed by atoms with Crippen molar-refractivity contribution in [3.8, 4) is 0 Å². The molecule has 0 aromatic rings. The van der Waals surface area contributed by atoms with Gasteiger partial charge in [-0.25, -0.2) is 0 Å². The Hall–Kier alpha value is -1.92. The predicted octanol–water partition coefficient (Wildman–Crippen LogP) is 18.0. The number of carbonyl (C=O) groups excluding carboxylic acids is 2. The maximum Gasteiger partial charge on any atom is 0.305 e. The summed E-state index contributed by atoms with van der Waals surface area (Å²) in [6.07, 6.45) is 68.7. The number of ether oxygens (including phenoxy) is 1. The van der Waals surface area contributed by atoms with Gasteiger partial charge in [0.15, 0.2) is 0 Å².